The van der Waals surface area contributed by atoms with Crippen LogP contribution >= 0.6 is 11.3 Å². The van der Waals surface area contributed by atoms with E-state index in [0.717, 1.165) is 5.01 Å². The predicted molar refractivity (Wildman–Crippen MR) is 59.6 cm³/mol. The lowest BCUT2D eigenvalue weighted by Crippen LogP contribution is -2.24. The molecule has 1 aromatic rings. The van der Waals surface area contributed by atoms with Crippen molar-refractivity contribution in [3.8, 4) is 0 Å². The summed E-state index contributed by atoms with van der Waals surface area (Å²) in [5.41, 5.74) is 6.47. The summed E-state index contributed by atoms with van der Waals surface area (Å²) in [7, 11) is 0. The third kappa shape index (κ3) is 3.00. The van der Waals surface area contributed by atoms with Crippen molar-refractivity contribution in [2.24, 2.45) is 5.73 Å². The Morgan fingerprint density at radius 1 is 1.67 bits per heavy atom. The molecule has 0 spiro atoms. The molecule has 1 aliphatic carbocycles. The molecule has 1 aromatic heterocycles. The van der Waals surface area contributed by atoms with Crippen LogP contribution in [0.2, 0.25) is 0 Å². The van der Waals surface area contributed by atoms with E-state index in [1.54, 1.807) is 11.3 Å². The number of amides is 1. The number of hydrogen-bond acceptors (Lipinski definition) is 4. The fourth-order valence-corrected chi connectivity index (χ4v) is 2.18. The molecular weight excluding hydrogens is 210 g/mol. The highest BCUT2D eigenvalue weighted by Crippen LogP contribution is 2.40. The zero-order valence-corrected chi connectivity index (χ0v) is 9.35. The van der Waals surface area contributed by atoms with Gasteiger partial charge in [-0.3, -0.25) is 4.79 Å². The lowest BCUT2D eigenvalue weighted by molar-refractivity contribution is -0.121. The van der Waals surface area contributed by atoms with Crippen LogP contribution in [0.15, 0.2) is 5.38 Å². The second kappa shape index (κ2) is 4.72. The van der Waals surface area contributed by atoms with Gasteiger partial charge < -0.3 is 11.1 Å². The normalized spacial score (nSPS) is 15.3. The molecule has 1 aliphatic rings. The van der Waals surface area contributed by atoms with Crippen LogP contribution in [0.1, 0.15) is 35.9 Å². The maximum absolute atomic E-state index is 11.2. The number of aromatic nitrogens is 1. The van der Waals surface area contributed by atoms with Crippen molar-refractivity contribution in [1.82, 2.24) is 10.3 Å². The molecule has 1 heterocycles. The van der Waals surface area contributed by atoms with E-state index in [4.69, 9.17) is 5.73 Å². The van der Waals surface area contributed by atoms with Crippen molar-refractivity contribution in [3.05, 3.63) is 16.1 Å². The Morgan fingerprint density at radius 2 is 2.47 bits per heavy atom. The van der Waals surface area contributed by atoms with Gasteiger partial charge in [-0.2, -0.15) is 0 Å². The van der Waals surface area contributed by atoms with Crippen molar-refractivity contribution in [1.29, 1.82) is 0 Å². The van der Waals surface area contributed by atoms with E-state index >= 15 is 0 Å². The van der Waals surface area contributed by atoms with Gasteiger partial charge in [0.15, 0.2) is 0 Å². The maximum atomic E-state index is 11.2. The zero-order chi connectivity index (χ0) is 10.7. The lowest BCUT2D eigenvalue weighted by atomic mass is 10.3. The van der Waals surface area contributed by atoms with Crippen molar-refractivity contribution >= 4 is 17.2 Å². The molecule has 5 heteroatoms. The second-order valence-electron chi connectivity index (χ2n) is 3.76. The number of nitrogens with two attached hydrogens (primary N) is 1. The highest BCUT2D eigenvalue weighted by atomic mass is 32.1. The standard InChI is InChI=1S/C10H15N3OS/c11-4-3-9(14)12-5-10-13-8(6-15-10)7-1-2-7/h6-7H,1-5,11H2,(H,12,14). The van der Waals surface area contributed by atoms with E-state index in [2.05, 4.69) is 15.7 Å². The van der Waals surface area contributed by atoms with Crippen molar-refractivity contribution in [3.63, 3.8) is 0 Å². The van der Waals surface area contributed by atoms with Crippen LogP contribution in [0.5, 0.6) is 0 Å². The summed E-state index contributed by atoms with van der Waals surface area (Å²) in [6, 6.07) is 0. The minimum absolute atomic E-state index is 0.000622. The monoisotopic (exact) mass is 225 g/mol. The van der Waals surface area contributed by atoms with Gasteiger partial charge in [0.05, 0.1) is 12.2 Å². The van der Waals surface area contributed by atoms with E-state index in [1.165, 1.54) is 18.5 Å². The zero-order valence-electron chi connectivity index (χ0n) is 8.53. The first-order valence-corrected chi connectivity index (χ1v) is 6.08. The fourth-order valence-electron chi connectivity index (χ4n) is 1.37. The first kappa shape index (κ1) is 10.6. The van der Waals surface area contributed by atoms with Crippen LogP contribution in [0, 0.1) is 0 Å². The smallest absolute Gasteiger partial charge is 0.221 e. The molecule has 0 radical (unpaired) electrons. The molecule has 0 aromatic carbocycles. The van der Waals surface area contributed by atoms with Crippen LogP contribution < -0.4 is 11.1 Å². The Kier molecular flexibility index (Phi) is 3.33. The minimum Gasteiger partial charge on any atom is -0.350 e. The molecular formula is C10H15N3OS. The number of rotatable bonds is 5. The molecule has 1 fully saturated rings. The Bertz CT molecular complexity index is 346. The summed E-state index contributed by atoms with van der Waals surface area (Å²) in [5.74, 6) is 0.690. The van der Waals surface area contributed by atoms with Crippen LogP contribution in [-0.4, -0.2) is 17.4 Å². The van der Waals surface area contributed by atoms with Crippen LogP contribution in [0.4, 0.5) is 0 Å². The van der Waals surface area contributed by atoms with Gasteiger partial charge in [0, 0.05) is 24.3 Å². The Labute approximate surface area is 92.9 Å². The minimum atomic E-state index is 0.000622. The SMILES string of the molecule is NCCC(=O)NCc1nc(C2CC2)cs1. The molecule has 4 nitrogen and oxygen atoms in total. The van der Waals surface area contributed by atoms with E-state index in [9.17, 15) is 4.79 Å². The summed E-state index contributed by atoms with van der Waals surface area (Å²) in [4.78, 5) is 15.6. The Balaban J connectivity index is 1.80. The van der Waals surface area contributed by atoms with Gasteiger partial charge in [0.2, 0.25) is 5.91 Å². The number of carbonyl (C=O) groups is 1. The van der Waals surface area contributed by atoms with E-state index < -0.39 is 0 Å². The number of thiazole rings is 1. The van der Waals surface area contributed by atoms with Gasteiger partial charge in [-0.15, -0.1) is 11.3 Å². The second-order valence-corrected chi connectivity index (χ2v) is 4.70. The topological polar surface area (TPSA) is 68.0 Å². The average Bonchev–Trinajstić information content (AvgIpc) is 2.96. The predicted octanol–water partition coefficient (Wildman–Crippen LogP) is 0.986. The summed E-state index contributed by atoms with van der Waals surface area (Å²) < 4.78 is 0. The summed E-state index contributed by atoms with van der Waals surface area (Å²) in [6.45, 7) is 0.938. The highest BCUT2D eigenvalue weighted by Gasteiger charge is 2.25. The lowest BCUT2D eigenvalue weighted by Gasteiger charge is -2.00. The van der Waals surface area contributed by atoms with Crippen LogP contribution in [-0.2, 0) is 11.3 Å². The van der Waals surface area contributed by atoms with Gasteiger partial charge in [-0.25, -0.2) is 4.98 Å². The average molecular weight is 225 g/mol. The summed E-state index contributed by atoms with van der Waals surface area (Å²) in [5, 5.41) is 5.89. The maximum Gasteiger partial charge on any atom is 0.221 e. The molecule has 15 heavy (non-hydrogen) atoms. The van der Waals surface area contributed by atoms with Gasteiger partial charge in [-0.1, -0.05) is 0 Å². The van der Waals surface area contributed by atoms with Gasteiger partial charge in [0.1, 0.15) is 5.01 Å². The molecule has 1 amide bonds. The van der Waals surface area contributed by atoms with Crippen LogP contribution in [0.3, 0.4) is 0 Å². The van der Waals surface area contributed by atoms with Crippen molar-refractivity contribution in [2.45, 2.75) is 31.7 Å². The summed E-state index contributed by atoms with van der Waals surface area (Å²) in [6.07, 6.45) is 2.92. The summed E-state index contributed by atoms with van der Waals surface area (Å²) >= 11 is 1.62. The van der Waals surface area contributed by atoms with Crippen LogP contribution in [0.25, 0.3) is 0 Å². The fraction of sp³-hybridized carbons (Fsp3) is 0.600. The number of nitrogens with one attached hydrogen (secondary N) is 1. The van der Waals surface area contributed by atoms with Crippen molar-refractivity contribution in [2.75, 3.05) is 6.54 Å². The number of carbonyl (C=O) groups excluding carboxylic acids is 1. The van der Waals surface area contributed by atoms with Gasteiger partial charge in [0.25, 0.3) is 0 Å². The highest BCUT2D eigenvalue weighted by molar-refractivity contribution is 7.09. The molecule has 3 N–H and O–H groups in total. The van der Waals surface area contributed by atoms with E-state index in [0.29, 0.717) is 25.4 Å². The van der Waals surface area contributed by atoms with Gasteiger partial charge >= 0.3 is 0 Å². The molecule has 0 bridgehead atoms. The van der Waals surface area contributed by atoms with E-state index in [1.807, 2.05) is 0 Å². The molecule has 0 unspecified atom stereocenters. The first-order valence-electron chi connectivity index (χ1n) is 5.20. The molecule has 82 valence electrons. The van der Waals surface area contributed by atoms with Crippen molar-refractivity contribution < 1.29 is 4.79 Å². The third-order valence-corrected chi connectivity index (χ3v) is 3.24. The first-order chi connectivity index (χ1) is 7.29. The molecule has 2 rings (SSSR count). The number of hydrogen-bond donors (Lipinski definition) is 2. The Morgan fingerprint density at radius 3 is 3.13 bits per heavy atom. The number of nitrogens with zero attached hydrogens (tertiary/aromatic N) is 1. The molecule has 0 saturated heterocycles. The Hall–Kier alpha value is -0.940. The largest absolute Gasteiger partial charge is 0.350 e. The quantitative estimate of drug-likeness (QED) is 0.785. The molecule has 1 saturated carbocycles. The van der Waals surface area contributed by atoms with E-state index in [-0.39, 0.29) is 5.91 Å². The molecule has 0 atom stereocenters. The van der Waals surface area contributed by atoms with Gasteiger partial charge in [-0.05, 0) is 12.8 Å². The molecule has 0 aliphatic heterocycles. The third-order valence-electron chi connectivity index (χ3n) is 2.37.